The molecule has 10 heteroatoms. The molecule has 1 aromatic carbocycles. The first-order chi connectivity index (χ1) is 8.76. The molecule has 1 unspecified atom stereocenters. The van der Waals surface area contributed by atoms with Gasteiger partial charge in [-0.15, -0.1) is 0 Å². The minimum atomic E-state index is -4.30. The third-order valence-corrected chi connectivity index (χ3v) is 5.52. The van der Waals surface area contributed by atoms with Crippen molar-refractivity contribution in [2.75, 3.05) is 5.08 Å². The minimum Gasteiger partial charge on any atom is -0.426 e. The van der Waals surface area contributed by atoms with Crippen LogP contribution in [0.15, 0.2) is 0 Å². The molecule has 0 aromatic heterocycles. The van der Waals surface area contributed by atoms with Crippen LogP contribution in [0.5, 0.6) is 11.5 Å². The van der Waals surface area contributed by atoms with Gasteiger partial charge in [0.1, 0.15) is 0 Å². The number of hydrogen-bond acceptors (Lipinski definition) is 4. The second-order valence-corrected chi connectivity index (χ2v) is 7.00. The number of hydrogen-bond donors (Lipinski definition) is 0. The van der Waals surface area contributed by atoms with Gasteiger partial charge in [0.25, 0.3) is 0 Å². The second-order valence-electron chi connectivity index (χ2n) is 3.37. The number of fused-ring (bicyclic) bond motifs is 1. The molecule has 1 atom stereocenters. The molecule has 0 spiro atoms. The van der Waals surface area contributed by atoms with Crippen LogP contribution in [-0.4, -0.2) is 18.9 Å². The Balaban J connectivity index is 2.79. The molecule has 19 heavy (non-hydrogen) atoms. The molecule has 4 nitrogen and oxygen atoms in total. The average molecular weight is 318 g/mol. The SMILES string of the molecule is C/C=S1\CS(=O)(=O)Oc2c(F)c(F)c(F)c(F)c2O1. The maximum absolute atomic E-state index is 13.5. The first-order valence-electron chi connectivity index (χ1n) is 4.72. The zero-order valence-electron chi connectivity index (χ0n) is 9.25. The normalized spacial score (nSPS) is 21.2. The molecule has 0 radical (unpaired) electrons. The topological polar surface area (TPSA) is 52.6 Å². The Morgan fingerprint density at radius 3 is 2.11 bits per heavy atom. The lowest BCUT2D eigenvalue weighted by molar-refractivity contribution is 0.368. The fraction of sp³-hybridized carbons (Fsp3) is 0.222. The molecule has 1 aromatic rings. The van der Waals surface area contributed by atoms with Crippen molar-refractivity contribution in [2.45, 2.75) is 6.92 Å². The van der Waals surface area contributed by atoms with Gasteiger partial charge < -0.3 is 8.37 Å². The van der Waals surface area contributed by atoms with Gasteiger partial charge in [0.2, 0.25) is 34.8 Å². The summed E-state index contributed by atoms with van der Waals surface area (Å²) in [5, 5.41) is 0.551. The minimum absolute atomic E-state index is 0.708. The molecule has 0 N–H and O–H groups in total. The Morgan fingerprint density at radius 1 is 1.05 bits per heavy atom. The Bertz CT molecular complexity index is 684. The van der Waals surface area contributed by atoms with E-state index in [0.717, 1.165) is 0 Å². The summed E-state index contributed by atoms with van der Waals surface area (Å²) < 4.78 is 84.9. The lowest BCUT2D eigenvalue weighted by Crippen LogP contribution is -2.12. The summed E-state index contributed by atoms with van der Waals surface area (Å²) in [5.74, 6) is -10.5. The lowest BCUT2D eigenvalue weighted by Gasteiger charge is -2.09. The van der Waals surface area contributed by atoms with Crippen LogP contribution < -0.4 is 8.37 Å². The van der Waals surface area contributed by atoms with Gasteiger partial charge in [0, 0.05) is 10.8 Å². The zero-order chi connectivity index (χ0) is 14.4. The molecule has 0 saturated heterocycles. The largest absolute Gasteiger partial charge is 0.426 e. The van der Waals surface area contributed by atoms with Crippen LogP contribution in [0.3, 0.4) is 0 Å². The van der Waals surface area contributed by atoms with Gasteiger partial charge in [0.15, 0.2) is 5.08 Å². The molecule has 0 saturated carbocycles. The highest BCUT2D eigenvalue weighted by Crippen LogP contribution is 2.43. The second kappa shape index (κ2) is 4.67. The van der Waals surface area contributed by atoms with E-state index >= 15 is 0 Å². The van der Waals surface area contributed by atoms with E-state index in [2.05, 4.69) is 4.18 Å². The van der Waals surface area contributed by atoms with Crippen molar-refractivity contribution < 1.29 is 34.3 Å². The predicted molar refractivity (Wildman–Crippen MR) is 60.6 cm³/mol. The van der Waals surface area contributed by atoms with Crippen molar-refractivity contribution in [2.24, 2.45) is 0 Å². The summed E-state index contributed by atoms with van der Waals surface area (Å²) >= 11 is 0. The maximum Gasteiger partial charge on any atom is 0.321 e. The smallest absolute Gasteiger partial charge is 0.321 e. The zero-order valence-corrected chi connectivity index (χ0v) is 10.9. The van der Waals surface area contributed by atoms with E-state index in [0.29, 0.717) is 0 Å². The van der Waals surface area contributed by atoms with Gasteiger partial charge in [-0.1, -0.05) is 0 Å². The Hall–Kier alpha value is -1.29. The molecular formula is C9H6F4O4S2. The summed E-state index contributed by atoms with van der Waals surface area (Å²) in [5.41, 5.74) is 0. The molecule has 106 valence electrons. The third kappa shape index (κ3) is 2.41. The average Bonchev–Trinajstić information content (AvgIpc) is 2.49. The number of benzene rings is 1. The standard InChI is InChI=1S/C9H6F4O4S2/c1-2-18-3-19(14,15)17-9-7(13)5(11)4(10)6(12)8(9)16-18/h2H,3H2,1H3. The van der Waals surface area contributed by atoms with Gasteiger partial charge >= 0.3 is 10.1 Å². The van der Waals surface area contributed by atoms with E-state index in [-0.39, 0.29) is 0 Å². The Labute approximate surface area is 108 Å². The quantitative estimate of drug-likeness (QED) is 0.242. The molecule has 1 aliphatic heterocycles. The van der Waals surface area contributed by atoms with Crippen molar-refractivity contribution in [1.82, 2.24) is 0 Å². The molecular weight excluding hydrogens is 312 g/mol. The monoisotopic (exact) mass is 318 g/mol. The van der Waals surface area contributed by atoms with Gasteiger partial charge in [-0.3, -0.25) is 0 Å². The molecule has 1 aliphatic rings. The third-order valence-electron chi connectivity index (χ3n) is 2.11. The predicted octanol–water partition coefficient (Wildman–Crippen LogP) is 2.31. The maximum atomic E-state index is 13.5. The van der Waals surface area contributed by atoms with E-state index in [1.165, 1.54) is 12.3 Å². The summed E-state index contributed by atoms with van der Waals surface area (Å²) in [6, 6.07) is 0. The fourth-order valence-corrected chi connectivity index (χ4v) is 4.21. The summed E-state index contributed by atoms with van der Waals surface area (Å²) in [6.07, 6.45) is 0. The van der Waals surface area contributed by atoms with Crippen LogP contribution in [0.25, 0.3) is 0 Å². The van der Waals surface area contributed by atoms with Gasteiger partial charge in [-0.25, -0.2) is 8.78 Å². The van der Waals surface area contributed by atoms with E-state index in [4.69, 9.17) is 4.18 Å². The van der Waals surface area contributed by atoms with Crippen LogP contribution in [0.2, 0.25) is 0 Å². The van der Waals surface area contributed by atoms with Crippen LogP contribution in [0.1, 0.15) is 6.92 Å². The number of halogens is 4. The Morgan fingerprint density at radius 2 is 1.58 bits per heavy atom. The highest BCUT2D eigenvalue weighted by atomic mass is 32.3. The molecule has 0 amide bonds. The summed E-state index contributed by atoms with van der Waals surface area (Å²) in [7, 11) is -5.77. The molecule has 0 aliphatic carbocycles. The summed E-state index contributed by atoms with van der Waals surface area (Å²) in [4.78, 5) is 0. The van der Waals surface area contributed by atoms with E-state index in [1.807, 2.05) is 0 Å². The van der Waals surface area contributed by atoms with Gasteiger partial charge in [0.05, 0.1) is 0 Å². The highest BCUT2D eigenvalue weighted by Gasteiger charge is 2.34. The van der Waals surface area contributed by atoms with Crippen LogP contribution >= 0.6 is 10.8 Å². The van der Waals surface area contributed by atoms with Crippen LogP contribution in [0, 0.1) is 23.3 Å². The molecule has 2 rings (SSSR count). The van der Waals surface area contributed by atoms with Crippen molar-refractivity contribution >= 4 is 26.3 Å². The van der Waals surface area contributed by atoms with Crippen molar-refractivity contribution in [3.05, 3.63) is 23.3 Å². The van der Waals surface area contributed by atoms with E-state index in [1.54, 1.807) is 0 Å². The number of rotatable bonds is 0. The van der Waals surface area contributed by atoms with E-state index in [9.17, 15) is 26.0 Å². The molecule has 0 fully saturated rings. The van der Waals surface area contributed by atoms with Gasteiger partial charge in [-0.05, 0) is 12.3 Å². The van der Waals surface area contributed by atoms with Crippen molar-refractivity contribution in [1.29, 1.82) is 0 Å². The van der Waals surface area contributed by atoms with E-state index < -0.39 is 60.7 Å². The Kier molecular flexibility index (Phi) is 3.47. The molecule has 0 bridgehead atoms. The summed E-state index contributed by atoms with van der Waals surface area (Å²) in [6.45, 7) is 1.41. The first-order valence-corrected chi connectivity index (χ1v) is 7.68. The van der Waals surface area contributed by atoms with Crippen molar-refractivity contribution in [3.8, 4) is 11.5 Å². The molecule has 1 heterocycles. The van der Waals surface area contributed by atoms with Crippen LogP contribution in [0.4, 0.5) is 17.6 Å². The fourth-order valence-electron chi connectivity index (χ4n) is 1.28. The highest BCUT2D eigenvalue weighted by molar-refractivity contribution is 8.19. The van der Waals surface area contributed by atoms with Crippen molar-refractivity contribution in [3.63, 3.8) is 0 Å². The lowest BCUT2D eigenvalue weighted by atomic mass is 10.2. The van der Waals surface area contributed by atoms with Gasteiger partial charge in [-0.2, -0.15) is 17.2 Å². The first kappa shape index (κ1) is 14.1. The van der Waals surface area contributed by atoms with Crippen LogP contribution in [-0.2, 0) is 10.1 Å².